The molecule has 0 radical (unpaired) electrons. The van der Waals surface area contributed by atoms with Crippen molar-refractivity contribution in [3.8, 4) is 23.0 Å². The Hall–Kier alpha value is -4.52. The highest BCUT2D eigenvalue weighted by Gasteiger charge is 2.48. The number of hydrogen-bond acceptors (Lipinski definition) is 7. The van der Waals surface area contributed by atoms with Gasteiger partial charge in [0.2, 0.25) is 0 Å². The molecule has 1 aliphatic heterocycles. The normalized spacial score (nSPS) is 16.6. The van der Waals surface area contributed by atoms with Gasteiger partial charge in [-0.25, -0.2) is 9.59 Å². The van der Waals surface area contributed by atoms with Gasteiger partial charge in [-0.1, -0.05) is 36.4 Å². The molecule has 5 aromatic rings. The standard InChI is InChI=1S/C27H18O7/c1-27(20-22(28)14-8-3-5-11-17(14)32-25(20)29)16-10-7-13-19(31-2)24(16)34-23-15-9-4-6-12-18(15)33-26(30)21(23)27/h3-13,28H,1-2H3. The first-order valence-corrected chi connectivity index (χ1v) is 10.6. The van der Waals surface area contributed by atoms with Crippen molar-refractivity contribution in [2.24, 2.45) is 0 Å². The summed E-state index contributed by atoms with van der Waals surface area (Å²) in [6, 6.07) is 18.8. The summed E-state index contributed by atoms with van der Waals surface area (Å²) in [6.45, 7) is 1.68. The summed E-state index contributed by atoms with van der Waals surface area (Å²) in [6.07, 6.45) is 0. The van der Waals surface area contributed by atoms with Gasteiger partial charge in [-0.05, 0) is 37.3 Å². The highest BCUT2D eigenvalue weighted by Crippen LogP contribution is 2.55. The molecule has 3 aromatic carbocycles. The minimum absolute atomic E-state index is 0.0878. The maximum Gasteiger partial charge on any atom is 0.344 e. The second kappa shape index (κ2) is 6.99. The van der Waals surface area contributed by atoms with E-state index in [-0.39, 0.29) is 28.2 Å². The molecule has 0 spiro atoms. The lowest BCUT2D eigenvalue weighted by atomic mass is 9.69. The van der Waals surface area contributed by atoms with Crippen molar-refractivity contribution in [2.45, 2.75) is 12.3 Å². The summed E-state index contributed by atoms with van der Waals surface area (Å²) in [5.41, 5.74) is -1.90. The van der Waals surface area contributed by atoms with Gasteiger partial charge in [-0.2, -0.15) is 0 Å². The van der Waals surface area contributed by atoms with E-state index >= 15 is 0 Å². The van der Waals surface area contributed by atoms with Crippen LogP contribution >= 0.6 is 0 Å². The number of rotatable bonds is 2. The molecule has 3 heterocycles. The summed E-state index contributed by atoms with van der Waals surface area (Å²) in [5, 5.41) is 12.3. The van der Waals surface area contributed by atoms with Crippen LogP contribution in [-0.4, -0.2) is 12.2 Å². The highest BCUT2D eigenvalue weighted by molar-refractivity contribution is 5.89. The van der Waals surface area contributed by atoms with E-state index < -0.39 is 16.7 Å². The maximum atomic E-state index is 13.4. The quantitative estimate of drug-likeness (QED) is 0.372. The number of methoxy groups -OCH3 is 1. The molecule has 1 unspecified atom stereocenters. The van der Waals surface area contributed by atoms with Gasteiger partial charge in [0, 0.05) is 5.56 Å². The lowest BCUT2D eigenvalue weighted by Crippen LogP contribution is -2.38. The molecule has 34 heavy (non-hydrogen) atoms. The van der Waals surface area contributed by atoms with E-state index in [1.165, 1.54) is 7.11 Å². The molecular weight excluding hydrogens is 436 g/mol. The van der Waals surface area contributed by atoms with Crippen LogP contribution in [0.25, 0.3) is 21.9 Å². The van der Waals surface area contributed by atoms with Crippen LogP contribution in [0.3, 0.4) is 0 Å². The van der Waals surface area contributed by atoms with Crippen LogP contribution < -0.4 is 20.7 Å². The molecule has 0 saturated carbocycles. The smallest absolute Gasteiger partial charge is 0.344 e. The Morgan fingerprint density at radius 1 is 0.765 bits per heavy atom. The average molecular weight is 454 g/mol. The Labute approximate surface area is 192 Å². The number of fused-ring (bicyclic) bond motifs is 5. The van der Waals surface area contributed by atoms with Crippen LogP contribution in [0.1, 0.15) is 23.6 Å². The second-order valence-electron chi connectivity index (χ2n) is 8.26. The lowest BCUT2D eigenvalue weighted by molar-refractivity contribution is 0.352. The molecule has 2 aromatic heterocycles. The highest BCUT2D eigenvalue weighted by atomic mass is 16.5. The number of ether oxygens (including phenoxy) is 2. The summed E-state index contributed by atoms with van der Waals surface area (Å²) in [4.78, 5) is 26.8. The van der Waals surface area contributed by atoms with Gasteiger partial charge < -0.3 is 23.4 Å². The molecule has 6 rings (SSSR count). The van der Waals surface area contributed by atoms with Crippen LogP contribution in [0.5, 0.6) is 23.0 Å². The number of benzene rings is 3. The van der Waals surface area contributed by atoms with Crippen molar-refractivity contribution in [1.82, 2.24) is 0 Å². The van der Waals surface area contributed by atoms with Gasteiger partial charge in [0.15, 0.2) is 11.5 Å². The van der Waals surface area contributed by atoms with Crippen molar-refractivity contribution < 1.29 is 23.4 Å². The predicted octanol–water partition coefficient (Wildman–Crippen LogP) is 5.07. The summed E-state index contributed by atoms with van der Waals surface area (Å²) in [5.74, 6) is 0.709. The Kier molecular flexibility index (Phi) is 4.13. The SMILES string of the molecule is COc1cccc2c1Oc1c(c(=O)oc3ccccc13)C2(C)c1c(O)c2ccccc2oc1=O. The largest absolute Gasteiger partial charge is 0.507 e. The third kappa shape index (κ3) is 2.52. The summed E-state index contributed by atoms with van der Waals surface area (Å²) >= 11 is 0. The van der Waals surface area contributed by atoms with E-state index in [4.69, 9.17) is 18.3 Å². The molecule has 0 bridgehead atoms. The van der Waals surface area contributed by atoms with Crippen molar-refractivity contribution in [2.75, 3.05) is 7.11 Å². The van der Waals surface area contributed by atoms with Gasteiger partial charge >= 0.3 is 11.3 Å². The molecule has 1 aliphatic rings. The number of para-hydroxylation sites is 3. The Morgan fingerprint density at radius 3 is 2.09 bits per heavy atom. The molecule has 7 nitrogen and oxygen atoms in total. The van der Waals surface area contributed by atoms with E-state index in [1.807, 2.05) is 0 Å². The first-order valence-electron chi connectivity index (χ1n) is 10.6. The van der Waals surface area contributed by atoms with Crippen molar-refractivity contribution >= 4 is 21.9 Å². The lowest BCUT2D eigenvalue weighted by Gasteiger charge is -2.36. The van der Waals surface area contributed by atoms with Crippen molar-refractivity contribution in [1.29, 1.82) is 0 Å². The molecule has 1 N–H and O–H groups in total. The van der Waals surface area contributed by atoms with Crippen LogP contribution in [0.2, 0.25) is 0 Å². The fourth-order valence-corrected chi connectivity index (χ4v) is 4.91. The van der Waals surface area contributed by atoms with Gasteiger partial charge in [-0.15, -0.1) is 0 Å². The van der Waals surface area contributed by atoms with E-state index in [2.05, 4.69) is 0 Å². The zero-order chi connectivity index (χ0) is 23.6. The monoisotopic (exact) mass is 454 g/mol. The van der Waals surface area contributed by atoms with E-state index in [0.29, 0.717) is 33.4 Å². The molecule has 0 fully saturated rings. The number of hydrogen-bond donors (Lipinski definition) is 1. The molecule has 1 atom stereocenters. The summed E-state index contributed by atoms with van der Waals surface area (Å²) < 4.78 is 23.0. The van der Waals surface area contributed by atoms with Crippen molar-refractivity contribution in [3.63, 3.8) is 0 Å². The minimum atomic E-state index is -1.48. The van der Waals surface area contributed by atoms with Gasteiger partial charge in [0.05, 0.1) is 34.4 Å². The van der Waals surface area contributed by atoms with Crippen LogP contribution in [0.15, 0.2) is 85.2 Å². The average Bonchev–Trinajstić information content (AvgIpc) is 2.83. The molecular formula is C27H18O7. The molecule has 0 amide bonds. The molecule has 0 saturated heterocycles. The minimum Gasteiger partial charge on any atom is -0.507 e. The topological polar surface area (TPSA) is 99.1 Å². The predicted molar refractivity (Wildman–Crippen MR) is 125 cm³/mol. The van der Waals surface area contributed by atoms with E-state index in [9.17, 15) is 14.7 Å². The summed E-state index contributed by atoms with van der Waals surface area (Å²) in [7, 11) is 1.51. The first-order chi connectivity index (χ1) is 16.4. The second-order valence-corrected chi connectivity index (χ2v) is 8.26. The zero-order valence-corrected chi connectivity index (χ0v) is 18.2. The zero-order valence-electron chi connectivity index (χ0n) is 18.2. The van der Waals surface area contributed by atoms with E-state index in [1.54, 1.807) is 73.7 Å². The maximum absolute atomic E-state index is 13.4. The van der Waals surface area contributed by atoms with Crippen molar-refractivity contribution in [3.05, 3.63) is 104 Å². The Morgan fingerprint density at radius 2 is 1.38 bits per heavy atom. The Bertz CT molecular complexity index is 1720. The number of aromatic hydroxyl groups is 1. The van der Waals surface area contributed by atoms with Crippen LogP contribution in [0, 0.1) is 0 Å². The third-order valence-corrected chi connectivity index (χ3v) is 6.49. The van der Waals surface area contributed by atoms with Gasteiger partial charge in [0.25, 0.3) is 0 Å². The van der Waals surface area contributed by atoms with Gasteiger partial charge in [-0.3, -0.25) is 0 Å². The van der Waals surface area contributed by atoms with Crippen LogP contribution in [0.4, 0.5) is 0 Å². The fourth-order valence-electron chi connectivity index (χ4n) is 4.91. The molecule has 168 valence electrons. The Balaban J connectivity index is 1.84. The van der Waals surface area contributed by atoms with E-state index in [0.717, 1.165) is 0 Å². The molecule has 0 aliphatic carbocycles. The van der Waals surface area contributed by atoms with Gasteiger partial charge in [0.1, 0.15) is 22.7 Å². The van der Waals surface area contributed by atoms with Crippen LogP contribution in [-0.2, 0) is 5.41 Å². The first kappa shape index (κ1) is 20.1. The molecule has 7 heteroatoms. The third-order valence-electron chi connectivity index (χ3n) is 6.49. The fraction of sp³-hybridized carbons (Fsp3) is 0.111.